The van der Waals surface area contributed by atoms with E-state index < -0.39 is 5.60 Å². The van der Waals surface area contributed by atoms with E-state index in [1.807, 2.05) is 0 Å². The van der Waals surface area contributed by atoms with E-state index in [9.17, 15) is 5.11 Å². The molecule has 0 radical (unpaired) electrons. The number of nitrogens with zero attached hydrogens (tertiary/aromatic N) is 2. The molecule has 3 nitrogen and oxygen atoms in total. The highest BCUT2D eigenvalue weighted by atomic mass is 16.3. The van der Waals surface area contributed by atoms with E-state index in [0.29, 0.717) is 6.54 Å². The second-order valence-corrected chi connectivity index (χ2v) is 5.28. The third kappa shape index (κ3) is 2.39. The molecule has 0 aliphatic heterocycles. The van der Waals surface area contributed by atoms with Crippen molar-refractivity contribution in [1.29, 1.82) is 0 Å². The van der Waals surface area contributed by atoms with Crippen molar-refractivity contribution in [3.8, 4) is 0 Å². The Bertz CT molecular complexity index is 391. The molecule has 0 saturated carbocycles. The van der Waals surface area contributed by atoms with Crippen molar-refractivity contribution in [3.63, 3.8) is 0 Å². The van der Waals surface area contributed by atoms with Gasteiger partial charge in [0.05, 0.1) is 17.8 Å². The Morgan fingerprint density at radius 1 is 1.24 bits per heavy atom. The van der Waals surface area contributed by atoms with Gasteiger partial charge in [0.1, 0.15) is 5.82 Å². The molecule has 0 saturated heterocycles. The van der Waals surface area contributed by atoms with E-state index in [1.165, 1.54) is 24.2 Å². The van der Waals surface area contributed by atoms with Crippen molar-refractivity contribution in [2.45, 2.75) is 71.4 Å². The number of aryl methyl sites for hydroxylation is 2. The molecule has 0 atom stereocenters. The molecule has 1 heterocycles. The second kappa shape index (κ2) is 4.81. The van der Waals surface area contributed by atoms with Gasteiger partial charge in [0.15, 0.2) is 0 Å². The maximum absolute atomic E-state index is 10.5. The first kappa shape index (κ1) is 12.6. The van der Waals surface area contributed by atoms with Gasteiger partial charge in [-0.1, -0.05) is 13.8 Å². The molecular weight excluding hydrogens is 212 g/mol. The zero-order valence-corrected chi connectivity index (χ0v) is 11.3. The summed E-state index contributed by atoms with van der Waals surface area (Å²) in [5.41, 5.74) is 2.06. The predicted molar refractivity (Wildman–Crippen MR) is 69.1 cm³/mol. The van der Waals surface area contributed by atoms with Crippen LogP contribution in [0.25, 0.3) is 0 Å². The molecular formula is C14H24N2O. The number of hydrogen-bond acceptors (Lipinski definition) is 2. The zero-order chi connectivity index (χ0) is 12.5. The fourth-order valence-electron chi connectivity index (χ4n) is 2.71. The summed E-state index contributed by atoms with van der Waals surface area (Å²) in [5.74, 6) is 1.07. The summed E-state index contributed by atoms with van der Waals surface area (Å²) in [4.78, 5) is 4.66. The van der Waals surface area contributed by atoms with Crippen LogP contribution in [0.15, 0.2) is 0 Å². The number of hydrogen-bond donors (Lipinski definition) is 1. The molecule has 0 aromatic carbocycles. The highest BCUT2D eigenvalue weighted by Crippen LogP contribution is 2.25. The summed E-state index contributed by atoms with van der Waals surface area (Å²) in [6, 6.07) is 0. The molecule has 1 N–H and O–H groups in total. The molecule has 0 spiro atoms. The van der Waals surface area contributed by atoms with Gasteiger partial charge in [0.25, 0.3) is 0 Å². The van der Waals surface area contributed by atoms with Gasteiger partial charge < -0.3 is 9.67 Å². The van der Waals surface area contributed by atoms with Crippen molar-refractivity contribution in [2.24, 2.45) is 0 Å². The maximum atomic E-state index is 10.5. The lowest BCUT2D eigenvalue weighted by atomic mass is 9.96. The summed E-state index contributed by atoms with van der Waals surface area (Å²) < 4.78 is 2.25. The molecule has 0 fully saturated rings. The molecule has 96 valence electrons. The fraction of sp³-hybridized carbons (Fsp3) is 0.786. The standard InChI is InChI=1S/C14H24N2O/c1-4-14(17,5-2)10-16-11(3)15-12-8-6-7-9-13(12)16/h17H,4-10H2,1-3H3. The Morgan fingerprint density at radius 3 is 2.53 bits per heavy atom. The van der Waals surface area contributed by atoms with E-state index in [0.717, 1.165) is 31.5 Å². The lowest BCUT2D eigenvalue weighted by molar-refractivity contribution is 0.0138. The average Bonchev–Trinajstić information content (AvgIpc) is 2.66. The fourth-order valence-corrected chi connectivity index (χ4v) is 2.71. The minimum atomic E-state index is -0.573. The highest BCUT2D eigenvalue weighted by Gasteiger charge is 2.27. The first-order chi connectivity index (χ1) is 8.09. The molecule has 0 amide bonds. The lowest BCUT2D eigenvalue weighted by Crippen LogP contribution is -2.33. The summed E-state index contributed by atoms with van der Waals surface area (Å²) in [6.07, 6.45) is 6.36. The average molecular weight is 236 g/mol. The van der Waals surface area contributed by atoms with Gasteiger partial charge in [-0.05, 0) is 45.4 Å². The number of aromatic nitrogens is 2. The Kier molecular flexibility index (Phi) is 3.57. The molecule has 1 aromatic heterocycles. The van der Waals surface area contributed by atoms with E-state index in [4.69, 9.17) is 0 Å². The van der Waals surface area contributed by atoms with Crippen LogP contribution in [0.3, 0.4) is 0 Å². The van der Waals surface area contributed by atoms with Gasteiger partial charge in [-0.3, -0.25) is 0 Å². The maximum Gasteiger partial charge on any atom is 0.106 e. The second-order valence-electron chi connectivity index (χ2n) is 5.28. The SMILES string of the molecule is CCC(O)(CC)Cn1c(C)nc2c1CCCC2. The van der Waals surface area contributed by atoms with Crippen LogP contribution >= 0.6 is 0 Å². The van der Waals surface area contributed by atoms with Gasteiger partial charge in [0.2, 0.25) is 0 Å². The van der Waals surface area contributed by atoms with Crippen molar-refractivity contribution in [3.05, 3.63) is 17.2 Å². The van der Waals surface area contributed by atoms with Gasteiger partial charge in [-0.2, -0.15) is 0 Å². The number of imidazole rings is 1. The lowest BCUT2D eigenvalue weighted by Gasteiger charge is -2.28. The molecule has 1 aliphatic carbocycles. The minimum Gasteiger partial charge on any atom is -0.388 e. The molecule has 1 aliphatic rings. The van der Waals surface area contributed by atoms with Crippen LogP contribution in [-0.4, -0.2) is 20.3 Å². The summed E-state index contributed by atoms with van der Waals surface area (Å²) in [6.45, 7) is 6.88. The van der Waals surface area contributed by atoms with Crippen LogP contribution in [0.1, 0.15) is 56.7 Å². The summed E-state index contributed by atoms with van der Waals surface area (Å²) in [7, 11) is 0. The number of fused-ring (bicyclic) bond motifs is 1. The van der Waals surface area contributed by atoms with Crippen molar-refractivity contribution >= 4 is 0 Å². The minimum absolute atomic E-state index is 0.573. The van der Waals surface area contributed by atoms with E-state index >= 15 is 0 Å². The van der Waals surface area contributed by atoms with Gasteiger partial charge in [-0.25, -0.2) is 4.98 Å². The van der Waals surface area contributed by atoms with Crippen LogP contribution in [0.4, 0.5) is 0 Å². The molecule has 0 bridgehead atoms. The summed E-state index contributed by atoms with van der Waals surface area (Å²) >= 11 is 0. The Balaban J connectivity index is 2.29. The molecule has 17 heavy (non-hydrogen) atoms. The normalized spacial score (nSPS) is 16.0. The van der Waals surface area contributed by atoms with Crippen molar-refractivity contribution < 1.29 is 5.11 Å². The van der Waals surface area contributed by atoms with Crippen LogP contribution in [-0.2, 0) is 19.4 Å². The molecule has 0 unspecified atom stereocenters. The van der Waals surface area contributed by atoms with E-state index in [-0.39, 0.29) is 0 Å². The molecule has 3 heteroatoms. The Hall–Kier alpha value is -0.830. The van der Waals surface area contributed by atoms with Gasteiger partial charge >= 0.3 is 0 Å². The largest absolute Gasteiger partial charge is 0.388 e. The Morgan fingerprint density at radius 2 is 1.88 bits per heavy atom. The van der Waals surface area contributed by atoms with Crippen LogP contribution < -0.4 is 0 Å². The molecule has 2 rings (SSSR count). The van der Waals surface area contributed by atoms with Gasteiger partial charge in [0, 0.05) is 5.69 Å². The van der Waals surface area contributed by atoms with Gasteiger partial charge in [-0.15, -0.1) is 0 Å². The quantitative estimate of drug-likeness (QED) is 0.872. The zero-order valence-electron chi connectivity index (χ0n) is 11.3. The number of aliphatic hydroxyl groups is 1. The van der Waals surface area contributed by atoms with E-state index in [2.05, 4.69) is 30.3 Å². The highest BCUT2D eigenvalue weighted by molar-refractivity contribution is 5.20. The Labute approximate surface area is 104 Å². The third-order valence-corrected chi connectivity index (χ3v) is 4.19. The predicted octanol–water partition coefficient (Wildman–Crippen LogP) is 2.62. The molecule has 1 aromatic rings. The topological polar surface area (TPSA) is 38.0 Å². The first-order valence-electron chi connectivity index (χ1n) is 6.87. The number of rotatable bonds is 4. The smallest absolute Gasteiger partial charge is 0.106 e. The van der Waals surface area contributed by atoms with Crippen LogP contribution in [0, 0.1) is 6.92 Å². The monoisotopic (exact) mass is 236 g/mol. The first-order valence-corrected chi connectivity index (χ1v) is 6.87. The van der Waals surface area contributed by atoms with Crippen LogP contribution in [0.2, 0.25) is 0 Å². The van der Waals surface area contributed by atoms with Crippen LogP contribution in [0.5, 0.6) is 0 Å². The van der Waals surface area contributed by atoms with Crippen molar-refractivity contribution in [2.75, 3.05) is 0 Å². The van der Waals surface area contributed by atoms with Crippen molar-refractivity contribution in [1.82, 2.24) is 9.55 Å². The summed E-state index contributed by atoms with van der Waals surface area (Å²) in [5, 5.41) is 10.5. The van der Waals surface area contributed by atoms with E-state index in [1.54, 1.807) is 0 Å². The third-order valence-electron chi connectivity index (χ3n) is 4.19.